The molecule has 4 N–H and O–H groups in total. The van der Waals surface area contributed by atoms with E-state index in [1.807, 2.05) is 0 Å². The van der Waals surface area contributed by atoms with Crippen molar-refractivity contribution in [1.82, 2.24) is 20.6 Å². The monoisotopic (exact) mass is 221 g/mol. The summed E-state index contributed by atoms with van der Waals surface area (Å²) in [6.45, 7) is 0. The molecular formula is C11H19N5. The van der Waals surface area contributed by atoms with E-state index in [0.29, 0.717) is 0 Å². The van der Waals surface area contributed by atoms with Crippen LogP contribution in [0.4, 0.5) is 0 Å². The van der Waals surface area contributed by atoms with Crippen molar-refractivity contribution in [2.45, 2.75) is 44.6 Å². The van der Waals surface area contributed by atoms with E-state index < -0.39 is 0 Å². The maximum absolute atomic E-state index is 5.61. The lowest BCUT2D eigenvalue weighted by molar-refractivity contribution is 0.538. The minimum Gasteiger partial charge on any atom is -0.270 e. The van der Waals surface area contributed by atoms with Gasteiger partial charge in [-0.1, -0.05) is 18.9 Å². The molecule has 0 radical (unpaired) electrons. The molecule has 1 aliphatic rings. The lowest BCUT2D eigenvalue weighted by Crippen LogP contribution is -2.30. The summed E-state index contributed by atoms with van der Waals surface area (Å²) in [5.74, 6) is 6.41. The van der Waals surface area contributed by atoms with Gasteiger partial charge in [-0.15, -0.1) is 0 Å². The summed E-state index contributed by atoms with van der Waals surface area (Å²) in [5, 5.41) is 6.75. The van der Waals surface area contributed by atoms with Crippen molar-refractivity contribution < 1.29 is 0 Å². The zero-order valence-corrected chi connectivity index (χ0v) is 9.45. The highest BCUT2D eigenvalue weighted by Gasteiger charge is 2.18. The topological polar surface area (TPSA) is 79.6 Å². The van der Waals surface area contributed by atoms with Crippen LogP contribution in [0.1, 0.15) is 50.4 Å². The first-order valence-electron chi connectivity index (χ1n) is 5.92. The van der Waals surface area contributed by atoms with Gasteiger partial charge in [0.25, 0.3) is 0 Å². The summed E-state index contributed by atoms with van der Waals surface area (Å²) in [6, 6.07) is -0.0133. The Balaban J connectivity index is 2.12. The summed E-state index contributed by atoms with van der Waals surface area (Å²) in [4.78, 5) is 4.17. The van der Waals surface area contributed by atoms with E-state index in [1.54, 1.807) is 0 Å². The Morgan fingerprint density at radius 1 is 1.31 bits per heavy atom. The summed E-state index contributed by atoms with van der Waals surface area (Å²) < 4.78 is 0. The largest absolute Gasteiger partial charge is 0.270 e. The van der Waals surface area contributed by atoms with Gasteiger partial charge in [0.1, 0.15) is 18.2 Å². The number of rotatable bonds is 3. The van der Waals surface area contributed by atoms with Crippen LogP contribution in [-0.4, -0.2) is 15.2 Å². The molecule has 5 nitrogen and oxygen atoms in total. The molecule has 1 atom stereocenters. The van der Waals surface area contributed by atoms with Gasteiger partial charge in [0, 0.05) is 0 Å². The van der Waals surface area contributed by atoms with E-state index in [2.05, 4.69) is 26.7 Å². The SMILES string of the molecule is NNC(C1=CCCCCCC1)c1ncn[nH]1. The molecule has 88 valence electrons. The number of hydrogen-bond donors (Lipinski definition) is 3. The van der Waals surface area contributed by atoms with Gasteiger partial charge in [0.2, 0.25) is 0 Å². The van der Waals surface area contributed by atoms with Crippen LogP contribution >= 0.6 is 0 Å². The predicted octanol–water partition coefficient (Wildman–Crippen LogP) is 1.59. The van der Waals surface area contributed by atoms with Gasteiger partial charge in [-0.2, -0.15) is 5.10 Å². The summed E-state index contributed by atoms with van der Waals surface area (Å²) >= 11 is 0. The van der Waals surface area contributed by atoms with Gasteiger partial charge in [-0.05, 0) is 31.3 Å². The van der Waals surface area contributed by atoms with Crippen molar-refractivity contribution in [2.24, 2.45) is 5.84 Å². The molecule has 1 aliphatic carbocycles. The van der Waals surface area contributed by atoms with Gasteiger partial charge in [0.05, 0.1) is 0 Å². The smallest absolute Gasteiger partial charge is 0.146 e. The average Bonchev–Trinajstić information content (AvgIpc) is 2.75. The second-order valence-electron chi connectivity index (χ2n) is 4.20. The number of hydrazine groups is 1. The lowest BCUT2D eigenvalue weighted by atomic mass is 9.95. The Morgan fingerprint density at radius 2 is 2.19 bits per heavy atom. The van der Waals surface area contributed by atoms with Gasteiger partial charge in [0.15, 0.2) is 0 Å². The molecule has 0 amide bonds. The molecular weight excluding hydrogens is 202 g/mol. The van der Waals surface area contributed by atoms with Crippen LogP contribution in [-0.2, 0) is 0 Å². The molecule has 0 fully saturated rings. The van der Waals surface area contributed by atoms with E-state index in [-0.39, 0.29) is 6.04 Å². The average molecular weight is 221 g/mol. The maximum atomic E-state index is 5.61. The fraction of sp³-hybridized carbons (Fsp3) is 0.636. The Bertz CT molecular complexity index is 330. The molecule has 16 heavy (non-hydrogen) atoms. The number of aromatic amines is 1. The molecule has 1 aromatic heterocycles. The Kier molecular flexibility index (Phi) is 4.07. The van der Waals surface area contributed by atoms with E-state index in [1.165, 1.54) is 37.6 Å². The predicted molar refractivity (Wildman–Crippen MR) is 62.2 cm³/mol. The van der Waals surface area contributed by atoms with Crippen LogP contribution in [0, 0.1) is 0 Å². The first-order chi connectivity index (χ1) is 7.92. The van der Waals surface area contributed by atoms with Gasteiger partial charge >= 0.3 is 0 Å². The number of nitrogens with zero attached hydrogens (tertiary/aromatic N) is 2. The van der Waals surface area contributed by atoms with Gasteiger partial charge in [-0.25, -0.2) is 10.4 Å². The maximum Gasteiger partial charge on any atom is 0.146 e. The quantitative estimate of drug-likeness (QED) is 0.411. The van der Waals surface area contributed by atoms with Crippen molar-refractivity contribution in [1.29, 1.82) is 0 Å². The van der Waals surface area contributed by atoms with E-state index in [9.17, 15) is 0 Å². The van der Waals surface area contributed by atoms with Crippen LogP contribution in [0.25, 0.3) is 0 Å². The zero-order chi connectivity index (χ0) is 11.2. The molecule has 0 aromatic carbocycles. The summed E-state index contributed by atoms with van der Waals surface area (Å²) in [5.41, 5.74) is 4.15. The van der Waals surface area contributed by atoms with Crippen LogP contribution in [0.2, 0.25) is 0 Å². The fourth-order valence-corrected chi connectivity index (χ4v) is 2.19. The molecule has 1 aromatic rings. The van der Waals surface area contributed by atoms with E-state index in [0.717, 1.165) is 18.7 Å². The second kappa shape index (κ2) is 5.77. The molecule has 0 saturated carbocycles. The van der Waals surface area contributed by atoms with E-state index in [4.69, 9.17) is 5.84 Å². The number of hydrogen-bond acceptors (Lipinski definition) is 4. The molecule has 0 spiro atoms. The van der Waals surface area contributed by atoms with Crippen LogP contribution in [0.5, 0.6) is 0 Å². The number of H-pyrrole nitrogens is 1. The highest BCUT2D eigenvalue weighted by molar-refractivity contribution is 5.17. The summed E-state index contributed by atoms with van der Waals surface area (Å²) in [6.07, 6.45) is 11.2. The third-order valence-electron chi connectivity index (χ3n) is 3.07. The Morgan fingerprint density at radius 3 is 2.94 bits per heavy atom. The Labute approximate surface area is 95.5 Å². The standard InChI is InChI=1S/C11H19N5/c12-15-10(11-13-8-14-16-11)9-6-4-2-1-3-5-7-9/h6,8,10,15H,1-5,7,12H2,(H,13,14,16). The van der Waals surface area contributed by atoms with Crippen molar-refractivity contribution in [3.8, 4) is 0 Å². The normalized spacial score (nSPS) is 19.7. The fourth-order valence-electron chi connectivity index (χ4n) is 2.19. The third kappa shape index (κ3) is 2.68. The van der Waals surface area contributed by atoms with Crippen LogP contribution in [0.15, 0.2) is 18.0 Å². The van der Waals surface area contributed by atoms with Gasteiger partial charge < -0.3 is 0 Å². The summed E-state index contributed by atoms with van der Waals surface area (Å²) in [7, 11) is 0. The molecule has 0 saturated heterocycles. The number of nitrogens with one attached hydrogen (secondary N) is 2. The van der Waals surface area contributed by atoms with Gasteiger partial charge in [-0.3, -0.25) is 10.9 Å². The van der Waals surface area contributed by atoms with Crippen molar-refractivity contribution >= 4 is 0 Å². The zero-order valence-electron chi connectivity index (χ0n) is 9.45. The molecule has 1 unspecified atom stereocenters. The highest BCUT2D eigenvalue weighted by atomic mass is 15.3. The molecule has 0 bridgehead atoms. The third-order valence-corrected chi connectivity index (χ3v) is 3.07. The second-order valence-corrected chi connectivity index (χ2v) is 4.20. The molecule has 5 heteroatoms. The Hall–Kier alpha value is -1.20. The van der Waals surface area contributed by atoms with Crippen molar-refractivity contribution in [3.05, 3.63) is 23.8 Å². The minimum atomic E-state index is -0.0133. The minimum absolute atomic E-state index is 0.0133. The lowest BCUT2D eigenvalue weighted by Gasteiger charge is -2.19. The number of aromatic nitrogens is 3. The molecule has 1 heterocycles. The van der Waals surface area contributed by atoms with Crippen molar-refractivity contribution in [3.63, 3.8) is 0 Å². The van der Waals surface area contributed by atoms with E-state index >= 15 is 0 Å². The van der Waals surface area contributed by atoms with Crippen LogP contribution < -0.4 is 11.3 Å². The van der Waals surface area contributed by atoms with Crippen LogP contribution in [0.3, 0.4) is 0 Å². The highest BCUT2D eigenvalue weighted by Crippen LogP contribution is 2.26. The number of allylic oxidation sites excluding steroid dienone is 1. The molecule has 2 rings (SSSR count). The molecule has 0 aliphatic heterocycles. The first-order valence-corrected chi connectivity index (χ1v) is 5.92. The first kappa shape index (κ1) is 11.3. The number of nitrogens with two attached hydrogens (primary N) is 1. The van der Waals surface area contributed by atoms with Crippen molar-refractivity contribution in [2.75, 3.05) is 0 Å².